The molecule has 0 bridgehead atoms. The second-order valence-electron chi connectivity index (χ2n) is 6.65. The Kier molecular flexibility index (Phi) is 4.66. The summed E-state index contributed by atoms with van der Waals surface area (Å²) in [5.74, 6) is -0.149. The molecule has 1 saturated heterocycles. The molecule has 1 fully saturated rings. The molecule has 3 aromatic rings. The Balaban J connectivity index is 1.49. The van der Waals surface area contributed by atoms with Gasteiger partial charge in [0, 0.05) is 19.2 Å². The molecule has 0 atom stereocenters. The van der Waals surface area contributed by atoms with Gasteiger partial charge in [-0.1, -0.05) is 23.4 Å². The highest BCUT2D eigenvalue weighted by molar-refractivity contribution is 5.88. The number of piperidine rings is 1. The molecule has 2 heterocycles. The fourth-order valence-corrected chi connectivity index (χ4v) is 3.26. The van der Waals surface area contributed by atoms with E-state index in [1.165, 1.54) is 4.90 Å². The van der Waals surface area contributed by atoms with Crippen LogP contribution in [0.25, 0.3) is 11.0 Å². The van der Waals surface area contributed by atoms with Crippen molar-refractivity contribution in [3.05, 3.63) is 48.5 Å². The summed E-state index contributed by atoms with van der Waals surface area (Å²) in [6.45, 7) is 0.0825. The number of fused-ring (bicyclic) bond motifs is 1. The summed E-state index contributed by atoms with van der Waals surface area (Å²) in [7, 11) is 0. The molecular weight excluding hydrogens is 373 g/mol. The van der Waals surface area contributed by atoms with Crippen LogP contribution in [0.2, 0.25) is 0 Å². The number of amides is 1. The molecule has 6 nitrogen and oxygen atoms in total. The van der Waals surface area contributed by atoms with Gasteiger partial charge in [0.1, 0.15) is 17.0 Å². The number of hydrogen-bond acceptors (Lipinski definition) is 4. The molecular formula is C19H17F3N4O2. The van der Waals surface area contributed by atoms with Gasteiger partial charge < -0.3 is 9.64 Å². The van der Waals surface area contributed by atoms with Crippen molar-refractivity contribution in [3.8, 4) is 11.5 Å². The van der Waals surface area contributed by atoms with E-state index in [1.54, 1.807) is 18.2 Å². The molecule has 146 valence electrons. The van der Waals surface area contributed by atoms with Crippen molar-refractivity contribution in [2.45, 2.75) is 19.0 Å². The van der Waals surface area contributed by atoms with E-state index in [9.17, 15) is 18.0 Å². The zero-order valence-corrected chi connectivity index (χ0v) is 14.8. The van der Waals surface area contributed by atoms with Crippen LogP contribution in [-0.2, 0) is 0 Å². The Morgan fingerprint density at radius 1 is 1.04 bits per heavy atom. The summed E-state index contributed by atoms with van der Waals surface area (Å²) < 4.78 is 45.3. The smallest absolute Gasteiger partial charge is 0.391 e. The Bertz CT molecular complexity index is 980. The topological polar surface area (TPSA) is 60.2 Å². The van der Waals surface area contributed by atoms with E-state index in [-0.39, 0.29) is 25.9 Å². The lowest BCUT2D eigenvalue weighted by Crippen LogP contribution is -2.44. The number of benzene rings is 2. The number of alkyl halides is 3. The van der Waals surface area contributed by atoms with Crippen molar-refractivity contribution in [3.63, 3.8) is 0 Å². The average molecular weight is 390 g/mol. The van der Waals surface area contributed by atoms with Gasteiger partial charge in [-0.15, -0.1) is 5.10 Å². The Morgan fingerprint density at radius 3 is 2.43 bits per heavy atom. The van der Waals surface area contributed by atoms with Crippen LogP contribution < -0.4 is 4.74 Å². The third kappa shape index (κ3) is 3.64. The minimum Gasteiger partial charge on any atom is -0.457 e. The fourth-order valence-electron chi connectivity index (χ4n) is 3.26. The van der Waals surface area contributed by atoms with Crippen molar-refractivity contribution >= 4 is 17.1 Å². The van der Waals surface area contributed by atoms with E-state index in [2.05, 4.69) is 10.3 Å². The van der Waals surface area contributed by atoms with Crippen LogP contribution in [0.1, 0.15) is 12.8 Å². The van der Waals surface area contributed by atoms with Gasteiger partial charge in [-0.05, 0) is 37.1 Å². The number of carbonyl (C=O) groups excluding carboxylic acids is 1. The molecule has 0 unspecified atom stereocenters. The van der Waals surface area contributed by atoms with Crippen LogP contribution in [0, 0.1) is 5.92 Å². The highest BCUT2D eigenvalue weighted by Crippen LogP contribution is 2.34. The Morgan fingerprint density at radius 2 is 1.75 bits per heavy atom. The minimum atomic E-state index is -4.22. The average Bonchev–Trinajstić information content (AvgIpc) is 3.11. The summed E-state index contributed by atoms with van der Waals surface area (Å²) >= 11 is 0. The number of likely N-dealkylation sites (tertiary alicyclic amines) is 1. The number of halogens is 3. The van der Waals surface area contributed by atoms with Crippen LogP contribution in [0.4, 0.5) is 18.0 Å². The van der Waals surface area contributed by atoms with E-state index in [0.29, 0.717) is 22.5 Å². The summed E-state index contributed by atoms with van der Waals surface area (Å²) in [6, 6.07) is 13.8. The Labute approximate surface area is 158 Å². The van der Waals surface area contributed by atoms with Gasteiger partial charge in [-0.25, -0.2) is 4.79 Å². The number of nitrogens with zero attached hydrogens (tertiary/aromatic N) is 4. The predicted octanol–water partition coefficient (Wildman–Crippen LogP) is 4.47. The van der Waals surface area contributed by atoms with Crippen molar-refractivity contribution < 1.29 is 22.7 Å². The molecule has 1 aliphatic rings. The highest BCUT2D eigenvalue weighted by atomic mass is 19.4. The van der Waals surface area contributed by atoms with Crippen molar-refractivity contribution in [2.24, 2.45) is 5.92 Å². The standard InChI is InChI=1S/C19H17F3N4O2/c20-19(21,22)13-8-10-25(11-9-13)18(27)26-17-7-6-15(12-16(17)23-24-26)28-14-4-2-1-3-5-14/h1-7,12-13H,8-11H2. The monoisotopic (exact) mass is 390 g/mol. The zero-order chi connectivity index (χ0) is 19.7. The lowest BCUT2D eigenvalue weighted by atomic mass is 9.96. The Hall–Kier alpha value is -3.10. The van der Waals surface area contributed by atoms with Crippen molar-refractivity contribution in [1.82, 2.24) is 19.9 Å². The summed E-state index contributed by atoms with van der Waals surface area (Å²) in [4.78, 5) is 14.1. The van der Waals surface area contributed by atoms with Gasteiger partial charge >= 0.3 is 12.2 Å². The summed E-state index contributed by atoms with van der Waals surface area (Å²) in [5, 5.41) is 7.88. The third-order valence-electron chi connectivity index (χ3n) is 4.81. The number of para-hydroxylation sites is 1. The first-order chi connectivity index (χ1) is 13.4. The lowest BCUT2D eigenvalue weighted by Gasteiger charge is -2.32. The van der Waals surface area contributed by atoms with Gasteiger partial charge in [0.05, 0.1) is 11.4 Å². The van der Waals surface area contributed by atoms with Gasteiger partial charge in [-0.2, -0.15) is 17.9 Å². The lowest BCUT2D eigenvalue weighted by molar-refractivity contribution is -0.183. The van der Waals surface area contributed by atoms with Gasteiger partial charge in [0.15, 0.2) is 0 Å². The maximum absolute atomic E-state index is 12.8. The van der Waals surface area contributed by atoms with Crippen LogP contribution >= 0.6 is 0 Å². The molecule has 0 N–H and O–H groups in total. The first-order valence-corrected chi connectivity index (χ1v) is 8.86. The maximum Gasteiger partial charge on any atom is 0.391 e. The summed E-state index contributed by atoms with van der Waals surface area (Å²) in [6.07, 6.45) is -4.42. The van der Waals surface area contributed by atoms with E-state index in [4.69, 9.17) is 4.74 Å². The van der Waals surface area contributed by atoms with E-state index in [0.717, 1.165) is 4.68 Å². The molecule has 0 spiro atoms. The SMILES string of the molecule is O=C(N1CCC(C(F)(F)F)CC1)n1nnc2cc(Oc3ccccc3)ccc21. The number of rotatable bonds is 2. The molecule has 0 saturated carbocycles. The largest absolute Gasteiger partial charge is 0.457 e. The van der Waals surface area contributed by atoms with E-state index in [1.807, 2.05) is 30.3 Å². The zero-order valence-electron chi connectivity index (χ0n) is 14.8. The number of ether oxygens (including phenoxy) is 1. The predicted molar refractivity (Wildman–Crippen MR) is 95.2 cm³/mol. The fraction of sp³-hybridized carbons (Fsp3) is 0.316. The molecule has 2 aromatic carbocycles. The molecule has 1 aliphatic heterocycles. The highest BCUT2D eigenvalue weighted by Gasteiger charge is 2.42. The van der Waals surface area contributed by atoms with Crippen LogP contribution in [0.3, 0.4) is 0 Å². The third-order valence-corrected chi connectivity index (χ3v) is 4.81. The van der Waals surface area contributed by atoms with Crippen molar-refractivity contribution in [1.29, 1.82) is 0 Å². The van der Waals surface area contributed by atoms with Gasteiger partial charge in [-0.3, -0.25) is 0 Å². The second kappa shape index (κ2) is 7.14. The second-order valence-corrected chi connectivity index (χ2v) is 6.65. The molecule has 1 aromatic heterocycles. The first-order valence-electron chi connectivity index (χ1n) is 8.86. The first kappa shape index (κ1) is 18.3. The maximum atomic E-state index is 12.8. The van der Waals surface area contributed by atoms with Crippen LogP contribution in [0.15, 0.2) is 48.5 Å². The van der Waals surface area contributed by atoms with E-state index < -0.39 is 18.1 Å². The van der Waals surface area contributed by atoms with Gasteiger partial charge in [0.25, 0.3) is 0 Å². The molecule has 1 amide bonds. The normalized spacial score (nSPS) is 15.8. The molecule has 0 radical (unpaired) electrons. The minimum absolute atomic E-state index is 0.0412. The summed E-state index contributed by atoms with van der Waals surface area (Å²) in [5.41, 5.74) is 0.940. The quantitative estimate of drug-likeness (QED) is 0.648. The molecule has 0 aliphatic carbocycles. The molecule has 9 heteroatoms. The van der Waals surface area contributed by atoms with Crippen LogP contribution in [-0.4, -0.2) is 45.2 Å². The number of carbonyl (C=O) groups is 1. The molecule has 28 heavy (non-hydrogen) atoms. The van der Waals surface area contributed by atoms with Crippen molar-refractivity contribution in [2.75, 3.05) is 13.1 Å². The van der Waals surface area contributed by atoms with Gasteiger partial charge in [0.2, 0.25) is 0 Å². The van der Waals surface area contributed by atoms with Crippen LogP contribution in [0.5, 0.6) is 11.5 Å². The number of hydrogen-bond donors (Lipinski definition) is 0. The molecule has 4 rings (SSSR count). The van der Waals surface area contributed by atoms with E-state index >= 15 is 0 Å². The number of aromatic nitrogens is 3.